The fourth-order valence-electron chi connectivity index (χ4n) is 3.86. The molecule has 1 heterocycles. The van der Waals surface area contributed by atoms with Gasteiger partial charge in [-0.05, 0) is 72.7 Å². The van der Waals surface area contributed by atoms with Crippen LogP contribution in [0.5, 0.6) is 5.75 Å². The number of amides is 2. The lowest BCUT2D eigenvalue weighted by molar-refractivity contribution is -0.124. The van der Waals surface area contributed by atoms with E-state index in [0.29, 0.717) is 29.5 Å². The summed E-state index contributed by atoms with van der Waals surface area (Å²) in [5.41, 5.74) is 2.18. The first kappa shape index (κ1) is 23.4. The van der Waals surface area contributed by atoms with Crippen LogP contribution in [0.1, 0.15) is 12.0 Å². The van der Waals surface area contributed by atoms with Crippen molar-refractivity contribution in [2.24, 2.45) is 0 Å². The highest BCUT2D eigenvalue weighted by Crippen LogP contribution is 2.28. The number of carbonyl (C=O) groups is 2. The zero-order valence-corrected chi connectivity index (χ0v) is 19.4. The molecule has 3 aromatic rings. The number of benzene rings is 3. The van der Waals surface area contributed by atoms with Crippen molar-refractivity contribution in [1.82, 2.24) is 4.90 Å². The van der Waals surface area contributed by atoms with E-state index in [0.717, 1.165) is 11.3 Å². The van der Waals surface area contributed by atoms with Gasteiger partial charge in [0.15, 0.2) is 5.11 Å². The highest BCUT2D eigenvalue weighted by atomic mass is 32.1. The molecule has 8 heteroatoms. The monoisotopic (exact) mass is 477 g/mol. The predicted molar refractivity (Wildman–Crippen MR) is 133 cm³/mol. The number of nitrogens with one attached hydrogen (secondary N) is 1. The quantitative estimate of drug-likeness (QED) is 0.487. The molecule has 3 aromatic carbocycles. The Morgan fingerprint density at radius 1 is 1.03 bits per heavy atom. The minimum atomic E-state index is -0.744. The summed E-state index contributed by atoms with van der Waals surface area (Å²) in [7, 11) is 1.61. The smallest absolute Gasteiger partial charge is 0.256 e. The highest BCUT2D eigenvalue weighted by Gasteiger charge is 2.43. The zero-order valence-electron chi connectivity index (χ0n) is 18.6. The molecule has 0 bridgehead atoms. The minimum Gasteiger partial charge on any atom is -0.497 e. The SMILES string of the molecule is COc1ccc(CCN2C(=S)N(c3ccccc3)C(=O)C2CC(=O)Nc2ccc(F)cc2)cc1. The van der Waals surface area contributed by atoms with Crippen LogP contribution >= 0.6 is 12.2 Å². The Hall–Kier alpha value is -3.78. The molecular formula is C26H24FN3O3S. The lowest BCUT2D eigenvalue weighted by Gasteiger charge is -2.24. The Morgan fingerprint density at radius 3 is 2.35 bits per heavy atom. The van der Waals surface area contributed by atoms with Crippen molar-refractivity contribution in [3.8, 4) is 5.75 Å². The molecule has 1 aliphatic heterocycles. The molecule has 1 unspecified atom stereocenters. The van der Waals surface area contributed by atoms with Gasteiger partial charge in [-0.2, -0.15) is 0 Å². The second kappa shape index (κ2) is 10.4. The molecule has 1 saturated heterocycles. The van der Waals surface area contributed by atoms with E-state index < -0.39 is 11.9 Å². The van der Waals surface area contributed by atoms with Crippen molar-refractivity contribution in [3.05, 3.63) is 90.2 Å². The number of methoxy groups -OCH3 is 1. The molecule has 0 radical (unpaired) electrons. The van der Waals surface area contributed by atoms with Crippen LogP contribution in [0.15, 0.2) is 78.9 Å². The molecule has 1 atom stereocenters. The molecule has 34 heavy (non-hydrogen) atoms. The summed E-state index contributed by atoms with van der Waals surface area (Å²) in [6.07, 6.45) is 0.554. The fraction of sp³-hybridized carbons (Fsp3) is 0.192. The van der Waals surface area contributed by atoms with Gasteiger partial charge in [-0.25, -0.2) is 4.39 Å². The van der Waals surface area contributed by atoms with Crippen LogP contribution in [0.4, 0.5) is 15.8 Å². The first-order chi connectivity index (χ1) is 16.5. The number of para-hydroxylation sites is 1. The van der Waals surface area contributed by atoms with Crippen LogP contribution in [0.3, 0.4) is 0 Å². The highest BCUT2D eigenvalue weighted by molar-refractivity contribution is 7.80. The Kier molecular flexibility index (Phi) is 7.18. The Morgan fingerprint density at radius 2 is 1.71 bits per heavy atom. The van der Waals surface area contributed by atoms with Gasteiger partial charge in [0.25, 0.3) is 5.91 Å². The third kappa shape index (κ3) is 5.23. The Labute approximate surface area is 202 Å². The standard InChI is InChI=1S/C26H24FN3O3S/c1-33-22-13-7-18(8-14-22)15-16-29-23(17-24(31)28-20-11-9-19(27)10-12-20)25(32)30(26(29)34)21-5-3-2-4-6-21/h2-14,23H,15-17H2,1H3,(H,28,31). The van der Waals surface area contributed by atoms with E-state index in [4.69, 9.17) is 17.0 Å². The third-order valence-electron chi connectivity index (χ3n) is 5.64. The number of carbonyl (C=O) groups excluding carboxylic acids is 2. The summed E-state index contributed by atoms with van der Waals surface area (Å²) >= 11 is 5.69. The summed E-state index contributed by atoms with van der Waals surface area (Å²) in [6, 6.07) is 21.6. The van der Waals surface area contributed by atoms with Crippen molar-refractivity contribution in [1.29, 1.82) is 0 Å². The van der Waals surface area contributed by atoms with Crippen molar-refractivity contribution >= 4 is 40.5 Å². The molecule has 174 valence electrons. The van der Waals surface area contributed by atoms with E-state index in [1.165, 1.54) is 29.2 Å². The van der Waals surface area contributed by atoms with Gasteiger partial charge in [0.2, 0.25) is 5.91 Å². The number of halogens is 1. The molecule has 1 aliphatic rings. The van der Waals surface area contributed by atoms with Gasteiger partial charge in [-0.15, -0.1) is 0 Å². The summed E-state index contributed by atoms with van der Waals surface area (Å²) in [5.74, 6) is -0.226. The van der Waals surface area contributed by atoms with Crippen molar-refractivity contribution in [2.45, 2.75) is 18.9 Å². The second-order valence-electron chi connectivity index (χ2n) is 7.86. The molecule has 0 aliphatic carbocycles. The molecule has 2 amide bonds. The molecule has 0 aromatic heterocycles. The second-order valence-corrected chi connectivity index (χ2v) is 8.22. The van der Waals surface area contributed by atoms with E-state index in [9.17, 15) is 14.0 Å². The maximum absolute atomic E-state index is 13.4. The van der Waals surface area contributed by atoms with Crippen molar-refractivity contribution in [3.63, 3.8) is 0 Å². The Bertz CT molecular complexity index is 1170. The van der Waals surface area contributed by atoms with Crippen LogP contribution in [0, 0.1) is 5.82 Å². The Balaban J connectivity index is 1.53. The molecule has 4 rings (SSSR count). The first-order valence-corrected chi connectivity index (χ1v) is 11.2. The van der Waals surface area contributed by atoms with Crippen molar-refractivity contribution in [2.75, 3.05) is 23.9 Å². The normalized spacial score (nSPS) is 15.5. The van der Waals surface area contributed by atoms with Crippen LogP contribution < -0.4 is 15.0 Å². The van der Waals surface area contributed by atoms with E-state index in [1.54, 1.807) is 12.0 Å². The van der Waals surface area contributed by atoms with E-state index in [1.807, 2.05) is 54.6 Å². The summed E-state index contributed by atoms with van der Waals surface area (Å²) in [5, 5.41) is 3.10. The number of rotatable bonds is 8. The summed E-state index contributed by atoms with van der Waals surface area (Å²) in [4.78, 5) is 29.5. The molecule has 0 saturated carbocycles. The van der Waals surface area contributed by atoms with Crippen LogP contribution in [0.2, 0.25) is 0 Å². The van der Waals surface area contributed by atoms with Gasteiger partial charge in [-0.1, -0.05) is 30.3 Å². The van der Waals surface area contributed by atoms with E-state index >= 15 is 0 Å². The lowest BCUT2D eigenvalue weighted by atomic mass is 10.1. The average molecular weight is 478 g/mol. The zero-order chi connectivity index (χ0) is 24.1. The number of thiocarbonyl (C=S) groups is 1. The molecule has 6 nitrogen and oxygen atoms in total. The number of hydrogen-bond donors (Lipinski definition) is 1. The molecular weight excluding hydrogens is 453 g/mol. The van der Waals surface area contributed by atoms with Gasteiger partial charge >= 0.3 is 0 Å². The van der Waals surface area contributed by atoms with Crippen LogP contribution in [-0.2, 0) is 16.0 Å². The molecule has 1 fully saturated rings. The number of nitrogens with zero attached hydrogens (tertiary/aromatic N) is 2. The van der Waals surface area contributed by atoms with E-state index in [-0.39, 0.29) is 18.2 Å². The topological polar surface area (TPSA) is 61.9 Å². The van der Waals surface area contributed by atoms with Gasteiger partial charge in [0, 0.05) is 12.2 Å². The predicted octanol–water partition coefficient (Wildman–Crippen LogP) is 4.41. The molecule has 1 N–H and O–H groups in total. The maximum atomic E-state index is 13.4. The first-order valence-electron chi connectivity index (χ1n) is 10.8. The van der Waals surface area contributed by atoms with Gasteiger partial charge in [0.1, 0.15) is 17.6 Å². The van der Waals surface area contributed by atoms with Crippen LogP contribution in [0.25, 0.3) is 0 Å². The number of ether oxygens (including phenoxy) is 1. The van der Waals surface area contributed by atoms with Crippen LogP contribution in [-0.4, -0.2) is 41.5 Å². The maximum Gasteiger partial charge on any atom is 0.256 e. The summed E-state index contributed by atoms with van der Waals surface area (Å²) in [6.45, 7) is 0.467. The average Bonchev–Trinajstić information content (AvgIpc) is 3.08. The lowest BCUT2D eigenvalue weighted by Crippen LogP contribution is -2.39. The summed E-state index contributed by atoms with van der Waals surface area (Å²) < 4.78 is 18.4. The number of anilines is 2. The largest absolute Gasteiger partial charge is 0.497 e. The minimum absolute atomic E-state index is 0.0811. The van der Waals surface area contributed by atoms with Gasteiger partial charge in [-0.3, -0.25) is 14.5 Å². The van der Waals surface area contributed by atoms with E-state index in [2.05, 4.69) is 5.32 Å². The number of hydrogen-bond acceptors (Lipinski definition) is 4. The van der Waals surface area contributed by atoms with Gasteiger partial charge < -0.3 is 15.0 Å². The van der Waals surface area contributed by atoms with Gasteiger partial charge in [0.05, 0.1) is 19.2 Å². The third-order valence-corrected chi connectivity index (χ3v) is 6.06. The van der Waals surface area contributed by atoms with Crippen molar-refractivity contribution < 1.29 is 18.7 Å². The fourth-order valence-corrected chi connectivity index (χ4v) is 4.28. The molecule has 0 spiro atoms.